The number of benzene rings is 1. The molecule has 1 saturated carbocycles. The minimum Gasteiger partial charge on any atom is -0.480 e. The zero-order valence-electron chi connectivity index (χ0n) is 18.5. The molecule has 1 amide bonds. The van der Waals surface area contributed by atoms with E-state index in [0.29, 0.717) is 23.4 Å². The maximum atomic E-state index is 11.6. The maximum absolute atomic E-state index is 11.6. The highest BCUT2D eigenvalue weighted by atomic mass is 16.5. The van der Waals surface area contributed by atoms with Gasteiger partial charge in [-0.05, 0) is 61.3 Å². The van der Waals surface area contributed by atoms with Gasteiger partial charge in [-0.25, -0.2) is 15.0 Å². The van der Waals surface area contributed by atoms with E-state index >= 15 is 0 Å². The average Bonchev–Trinajstić information content (AvgIpc) is 3.41. The molecule has 33 heavy (non-hydrogen) atoms. The molecule has 1 aliphatic carbocycles. The van der Waals surface area contributed by atoms with Crippen molar-refractivity contribution in [3.05, 3.63) is 48.4 Å². The third-order valence-corrected chi connectivity index (χ3v) is 7.22. The Balaban J connectivity index is 1.18. The Hall–Kier alpha value is -3.68. The van der Waals surface area contributed by atoms with Crippen molar-refractivity contribution >= 4 is 39.5 Å². The lowest BCUT2D eigenvalue weighted by atomic mass is 9.82. The molecule has 2 aliphatic rings. The molecule has 3 N–H and O–H groups in total. The zero-order chi connectivity index (χ0) is 22.6. The van der Waals surface area contributed by atoms with Crippen molar-refractivity contribution in [2.75, 3.05) is 17.7 Å². The van der Waals surface area contributed by atoms with Crippen LogP contribution in [0.3, 0.4) is 0 Å². The number of anilines is 2. The molecule has 8 heteroatoms. The number of carbonyl (C=O) groups excluding carboxylic acids is 1. The predicted molar refractivity (Wildman–Crippen MR) is 127 cm³/mol. The lowest BCUT2D eigenvalue weighted by Gasteiger charge is -2.25. The second-order valence-corrected chi connectivity index (χ2v) is 9.63. The maximum Gasteiger partial charge on any atom is 0.263 e. The van der Waals surface area contributed by atoms with Crippen molar-refractivity contribution in [1.29, 1.82) is 0 Å². The van der Waals surface area contributed by atoms with Crippen LogP contribution in [0.2, 0.25) is 0 Å². The van der Waals surface area contributed by atoms with Crippen LogP contribution in [0, 0.1) is 5.41 Å². The first-order chi connectivity index (χ1) is 16.0. The Kier molecular flexibility index (Phi) is 4.50. The summed E-state index contributed by atoms with van der Waals surface area (Å²) in [6, 6.07) is 10.8. The molecule has 1 aromatic carbocycles. The highest BCUT2D eigenvalue weighted by Gasteiger charge is 2.36. The molecular weight excluding hydrogens is 416 g/mol. The SMILES string of the molecule is C[C@@]1(CCc2ccc3cc4c(nc3c2)NC(=O)CO4)CCC(n2ccc3c(N)ncnc32)C1. The van der Waals surface area contributed by atoms with E-state index in [1.807, 2.05) is 12.1 Å². The van der Waals surface area contributed by atoms with Crippen molar-refractivity contribution < 1.29 is 9.53 Å². The van der Waals surface area contributed by atoms with Gasteiger partial charge in [0.05, 0.1) is 10.9 Å². The van der Waals surface area contributed by atoms with Gasteiger partial charge in [0, 0.05) is 17.6 Å². The molecule has 1 aliphatic heterocycles. The van der Waals surface area contributed by atoms with Crippen molar-refractivity contribution in [3.63, 3.8) is 0 Å². The molecule has 4 aromatic rings. The normalized spacial score (nSPS) is 22.3. The van der Waals surface area contributed by atoms with Crippen LogP contribution in [0.15, 0.2) is 42.9 Å². The third-order valence-electron chi connectivity index (χ3n) is 7.22. The Bertz CT molecular complexity index is 1400. The molecule has 4 heterocycles. The van der Waals surface area contributed by atoms with Gasteiger partial charge in [0.25, 0.3) is 5.91 Å². The third kappa shape index (κ3) is 3.55. The van der Waals surface area contributed by atoms with Crippen LogP contribution >= 0.6 is 0 Å². The van der Waals surface area contributed by atoms with Crippen LogP contribution in [0.1, 0.15) is 44.2 Å². The van der Waals surface area contributed by atoms with E-state index in [1.165, 1.54) is 12.0 Å². The summed E-state index contributed by atoms with van der Waals surface area (Å²) >= 11 is 0. The van der Waals surface area contributed by atoms with Crippen LogP contribution in [0.4, 0.5) is 11.6 Å². The fraction of sp³-hybridized carbons (Fsp3) is 0.360. The molecule has 2 atom stereocenters. The van der Waals surface area contributed by atoms with Gasteiger partial charge in [-0.2, -0.15) is 0 Å². The first kappa shape index (κ1) is 20.0. The molecule has 8 nitrogen and oxygen atoms in total. The Morgan fingerprint density at radius 1 is 1.27 bits per heavy atom. The predicted octanol–water partition coefficient (Wildman–Crippen LogP) is 4.26. The zero-order valence-corrected chi connectivity index (χ0v) is 18.5. The molecule has 1 unspecified atom stereocenters. The van der Waals surface area contributed by atoms with Crippen molar-refractivity contribution in [1.82, 2.24) is 19.5 Å². The summed E-state index contributed by atoms with van der Waals surface area (Å²) in [5, 5.41) is 4.74. The van der Waals surface area contributed by atoms with Crippen LogP contribution in [-0.4, -0.2) is 32.0 Å². The molecule has 3 aromatic heterocycles. The fourth-order valence-corrected chi connectivity index (χ4v) is 5.34. The minimum atomic E-state index is -0.168. The second kappa shape index (κ2) is 7.43. The van der Waals surface area contributed by atoms with Gasteiger partial charge in [-0.15, -0.1) is 0 Å². The summed E-state index contributed by atoms with van der Waals surface area (Å²) in [5.41, 5.74) is 9.35. The number of hydrogen-bond donors (Lipinski definition) is 2. The van der Waals surface area contributed by atoms with E-state index in [-0.39, 0.29) is 17.9 Å². The van der Waals surface area contributed by atoms with Gasteiger partial charge in [0.15, 0.2) is 18.2 Å². The molecule has 6 rings (SSSR count). The Labute approximate surface area is 191 Å². The second-order valence-electron chi connectivity index (χ2n) is 9.63. The van der Waals surface area contributed by atoms with Crippen molar-refractivity contribution in [3.8, 4) is 5.75 Å². The van der Waals surface area contributed by atoms with Crippen LogP contribution in [-0.2, 0) is 11.2 Å². The molecule has 0 saturated heterocycles. The van der Waals surface area contributed by atoms with Crippen LogP contribution < -0.4 is 15.8 Å². The summed E-state index contributed by atoms with van der Waals surface area (Å²) in [4.78, 5) is 24.8. The summed E-state index contributed by atoms with van der Waals surface area (Å²) in [7, 11) is 0. The van der Waals surface area contributed by atoms with E-state index in [9.17, 15) is 4.79 Å². The fourth-order valence-electron chi connectivity index (χ4n) is 5.34. The van der Waals surface area contributed by atoms with Gasteiger partial charge >= 0.3 is 0 Å². The summed E-state index contributed by atoms with van der Waals surface area (Å²) in [6.45, 7) is 2.43. The Morgan fingerprint density at radius 2 is 2.18 bits per heavy atom. The number of hydrogen-bond acceptors (Lipinski definition) is 6. The average molecular weight is 443 g/mol. The number of nitrogens with one attached hydrogen (secondary N) is 1. The van der Waals surface area contributed by atoms with E-state index in [4.69, 9.17) is 10.5 Å². The smallest absolute Gasteiger partial charge is 0.263 e. The first-order valence-electron chi connectivity index (χ1n) is 11.4. The topological polar surface area (TPSA) is 108 Å². The molecule has 0 radical (unpaired) electrons. The molecule has 0 bridgehead atoms. The van der Waals surface area contributed by atoms with Crippen LogP contribution in [0.5, 0.6) is 5.75 Å². The number of rotatable bonds is 4. The van der Waals surface area contributed by atoms with Crippen molar-refractivity contribution in [2.45, 2.75) is 45.1 Å². The summed E-state index contributed by atoms with van der Waals surface area (Å²) in [5.74, 6) is 1.50. The Morgan fingerprint density at radius 3 is 3.09 bits per heavy atom. The molecular formula is C25H26N6O2. The monoisotopic (exact) mass is 442 g/mol. The van der Waals surface area contributed by atoms with E-state index < -0.39 is 0 Å². The largest absolute Gasteiger partial charge is 0.480 e. The lowest BCUT2D eigenvalue weighted by molar-refractivity contribution is -0.118. The summed E-state index contributed by atoms with van der Waals surface area (Å²) in [6.07, 6.45) is 9.17. The number of pyridine rings is 1. The number of amides is 1. The van der Waals surface area contributed by atoms with Gasteiger partial charge in [0.1, 0.15) is 17.8 Å². The molecule has 1 fully saturated rings. The van der Waals surface area contributed by atoms with E-state index in [2.05, 4.69) is 56.2 Å². The van der Waals surface area contributed by atoms with Crippen LogP contribution in [0.25, 0.3) is 21.9 Å². The number of nitrogens with zero attached hydrogens (tertiary/aromatic N) is 4. The van der Waals surface area contributed by atoms with Gasteiger partial charge in [-0.1, -0.05) is 19.1 Å². The van der Waals surface area contributed by atoms with Gasteiger partial charge < -0.3 is 20.4 Å². The van der Waals surface area contributed by atoms with E-state index in [0.717, 1.165) is 47.6 Å². The number of fused-ring (bicyclic) bond motifs is 3. The standard InChI is InChI=1S/C25H26N6O2/c1-25(8-5-17(12-25)31-9-6-18-22(26)27-14-28-24(18)31)7-4-15-2-3-16-11-20-23(29-19(16)10-15)30-21(32)13-33-20/h2-3,6,9-11,14,17H,4-5,7-8,12-13H2,1H3,(H2,26,27,28)(H,29,30,32)/t17?,25-/m1/s1. The van der Waals surface area contributed by atoms with Crippen molar-refractivity contribution in [2.24, 2.45) is 5.41 Å². The molecule has 0 spiro atoms. The number of aromatic nitrogens is 4. The van der Waals surface area contributed by atoms with Gasteiger partial charge in [-0.3, -0.25) is 4.79 Å². The number of nitrogen functional groups attached to an aromatic ring is 1. The highest BCUT2D eigenvalue weighted by molar-refractivity contribution is 5.96. The number of carbonyl (C=O) groups is 1. The number of ether oxygens (including phenoxy) is 1. The number of aryl methyl sites for hydroxylation is 1. The quantitative estimate of drug-likeness (QED) is 0.489. The summed E-state index contributed by atoms with van der Waals surface area (Å²) < 4.78 is 7.76. The first-order valence-corrected chi connectivity index (χ1v) is 11.4. The lowest BCUT2D eigenvalue weighted by Crippen LogP contribution is -2.26. The van der Waals surface area contributed by atoms with Gasteiger partial charge in [0.2, 0.25) is 0 Å². The van der Waals surface area contributed by atoms with E-state index in [1.54, 1.807) is 6.33 Å². The number of nitrogens with two attached hydrogens (primary N) is 1. The highest BCUT2D eigenvalue weighted by Crippen LogP contribution is 2.47. The molecule has 168 valence electrons. The minimum absolute atomic E-state index is 0.0387.